The molecule has 0 saturated carbocycles. The van der Waals surface area contributed by atoms with Gasteiger partial charge in [-0.15, -0.1) is 0 Å². The third-order valence-electron chi connectivity index (χ3n) is 2.63. The Morgan fingerprint density at radius 3 is 2.50 bits per heavy atom. The van der Waals surface area contributed by atoms with Crippen LogP contribution >= 0.6 is 0 Å². The van der Waals surface area contributed by atoms with E-state index in [-0.39, 0.29) is 25.3 Å². The van der Waals surface area contributed by atoms with Gasteiger partial charge in [-0.25, -0.2) is 0 Å². The van der Waals surface area contributed by atoms with Gasteiger partial charge in [-0.3, -0.25) is 4.79 Å². The summed E-state index contributed by atoms with van der Waals surface area (Å²) < 4.78 is 15.5. The van der Waals surface area contributed by atoms with E-state index in [2.05, 4.69) is 6.92 Å². The van der Waals surface area contributed by atoms with Gasteiger partial charge < -0.3 is 19.3 Å². The van der Waals surface area contributed by atoms with Gasteiger partial charge >= 0.3 is 5.97 Å². The van der Waals surface area contributed by atoms with Crippen LogP contribution in [0.3, 0.4) is 0 Å². The fourth-order valence-corrected chi connectivity index (χ4v) is 1.40. The Hall–Kier alpha value is -0.650. The molecule has 108 valence electrons. The summed E-state index contributed by atoms with van der Waals surface area (Å²) in [6.45, 7) is 3.99. The molecule has 0 heterocycles. The van der Waals surface area contributed by atoms with Crippen LogP contribution in [-0.2, 0) is 19.0 Å². The van der Waals surface area contributed by atoms with Crippen molar-refractivity contribution < 1.29 is 24.1 Å². The van der Waals surface area contributed by atoms with Gasteiger partial charge in [-0.1, -0.05) is 26.7 Å². The van der Waals surface area contributed by atoms with Crippen LogP contribution in [0.15, 0.2) is 0 Å². The van der Waals surface area contributed by atoms with Crippen molar-refractivity contribution in [3.63, 3.8) is 0 Å². The molecule has 0 rings (SSSR count). The summed E-state index contributed by atoms with van der Waals surface area (Å²) in [6.07, 6.45) is 3.17. The second kappa shape index (κ2) is 11.4. The maximum absolute atomic E-state index is 11.4. The molecule has 5 heteroatoms. The summed E-state index contributed by atoms with van der Waals surface area (Å²) in [5, 5.41) is 9.00. The zero-order valence-electron chi connectivity index (χ0n) is 11.7. The predicted octanol–water partition coefficient (Wildman–Crippen LogP) is 1.87. The molecule has 0 bridgehead atoms. The van der Waals surface area contributed by atoms with Crippen molar-refractivity contribution in [1.82, 2.24) is 0 Å². The van der Waals surface area contributed by atoms with Crippen molar-refractivity contribution in [2.24, 2.45) is 0 Å². The van der Waals surface area contributed by atoms with E-state index in [1.54, 1.807) is 0 Å². The van der Waals surface area contributed by atoms with Gasteiger partial charge in [0, 0.05) is 13.5 Å². The van der Waals surface area contributed by atoms with Crippen LogP contribution in [0.5, 0.6) is 0 Å². The van der Waals surface area contributed by atoms with Gasteiger partial charge in [-0.05, 0) is 12.8 Å². The van der Waals surface area contributed by atoms with Gasteiger partial charge in [0.15, 0.2) is 6.29 Å². The van der Waals surface area contributed by atoms with Crippen molar-refractivity contribution in [1.29, 1.82) is 0 Å². The van der Waals surface area contributed by atoms with Crippen LogP contribution in [0.4, 0.5) is 0 Å². The number of rotatable bonds is 11. The summed E-state index contributed by atoms with van der Waals surface area (Å²) in [5.74, 6) is -0.230. The standard InChI is InChI=1S/C13H26O5/c1-4-6-7-8-12(15)17-10-13(16-3)18-11(5-2)9-14/h11,13-14H,4-10H2,1-3H3. The van der Waals surface area contributed by atoms with Crippen LogP contribution in [0.25, 0.3) is 0 Å². The Kier molecular flexibility index (Phi) is 11.0. The lowest BCUT2D eigenvalue weighted by Crippen LogP contribution is -2.30. The topological polar surface area (TPSA) is 65.0 Å². The second-order valence-electron chi connectivity index (χ2n) is 4.15. The molecule has 2 unspecified atom stereocenters. The maximum atomic E-state index is 11.4. The molecule has 0 aliphatic carbocycles. The lowest BCUT2D eigenvalue weighted by Gasteiger charge is -2.21. The lowest BCUT2D eigenvalue weighted by atomic mass is 10.2. The Bertz CT molecular complexity index is 204. The van der Waals surface area contributed by atoms with E-state index in [4.69, 9.17) is 19.3 Å². The highest BCUT2D eigenvalue weighted by Crippen LogP contribution is 2.06. The third kappa shape index (κ3) is 8.44. The normalized spacial score (nSPS) is 14.2. The zero-order valence-corrected chi connectivity index (χ0v) is 11.7. The number of unbranched alkanes of at least 4 members (excludes halogenated alkanes) is 2. The van der Waals surface area contributed by atoms with Crippen LogP contribution in [0, 0.1) is 0 Å². The number of carbonyl (C=O) groups is 1. The zero-order chi connectivity index (χ0) is 13.8. The van der Waals surface area contributed by atoms with Gasteiger partial charge in [-0.2, -0.15) is 0 Å². The average Bonchev–Trinajstić information content (AvgIpc) is 2.39. The average molecular weight is 262 g/mol. The third-order valence-corrected chi connectivity index (χ3v) is 2.63. The summed E-state index contributed by atoms with van der Waals surface area (Å²) in [7, 11) is 1.49. The summed E-state index contributed by atoms with van der Waals surface area (Å²) in [5.41, 5.74) is 0. The highest BCUT2D eigenvalue weighted by Gasteiger charge is 2.16. The first-order chi connectivity index (χ1) is 8.67. The van der Waals surface area contributed by atoms with Crippen LogP contribution in [0.1, 0.15) is 46.0 Å². The second-order valence-corrected chi connectivity index (χ2v) is 4.15. The summed E-state index contributed by atoms with van der Waals surface area (Å²) in [4.78, 5) is 11.4. The summed E-state index contributed by atoms with van der Waals surface area (Å²) in [6, 6.07) is 0. The molecule has 0 spiro atoms. The van der Waals surface area contributed by atoms with E-state index in [1.807, 2.05) is 6.92 Å². The Balaban J connectivity index is 3.81. The van der Waals surface area contributed by atoms with E-state index >= 15 is 0 Å². The minimum absolute atomic E-state index is 0.0674. The first-order valence-corrected chi connectivity index (χ1v) is 6.62. The van der Waals surface area contributed by atoms with Crippen molar-refractivity contribution in [3.8, 4) is 0 Å². The van der Waals surface area contributed by atoms with Gasteiger partial charge in [0.25, 0.3) is 0 Å². The first kappa shape index (κ1) is 17.4. The van der Waals surface area contributed by atoms with E-state index in [1.165, 1.54) is 7.11 Å². The molecule has 0 aliphatic rings. The molecule has 18 heavy (non-hydrogen) atoms. The molecule has 1 N–H and O–H groups in total. The van der Waals surface area contributed by atoms with Crippen LogP contribution < -0.4 is 0 Å². The monoisotopic (exact) mass is 262 g/mol. The number of aliphatic hydroxyl groups excluding tert-OH is 1. The molecular weight excluding hydrogens is 236 g/mol. The quantitative estimate of drug-likeness (QED) is 0.350. The Labute approximate surface area is 109 Å². The first-order valence-electron chi connectivity index (χ1n) is 6.62. The van der Waals surface area contributed by atoms with Crippen molar-refractivity contribution in [2.75, 3.05) is 20.3 Å². The molecule has 0 fully saturated rings. The van der Waals surface area contributed by atoms with Gasteiger partial charge in [0.05, 0.1) is 12.7 Å². The molecule has 0 aromatic rings. The number of methoxy groups -OCH3 is 1. The molecule has 0 saturated heterocycles. The van der Waals surface area contributed by atoms with Crippen molar-refractivity contribution >= 4 is 5.97 Å². The SMILES string of the molecule is CCCCCC(=O)OCC(OC)OC(CC)CO. The van der Waals surface area contributed by atoms with Gasteiger partial charge in [0.2, 0.25) is 0 Å². The molecule has 0 aromatic carbocycles. The fraction of sp³-hybridized carbons (Fsp3) is 0.923. The molecule has 0 amide bonds. The van der Waals surface area contributed by atoms with E-state index in [0.29, 0.717) is 12.8 Å². The molecule has 0 aromatic heterocycles. The Morgan fingerprint density at radius 2 is 2.00 bits per heavy atom. The van der Waals surface area contributed by atoms with E-state index in [0.717, 1.165) is 19.3 Å². The van der Waals surface area contributed by atoms with Gasteiger partial charge in [0.1, 0.15) is 6.61 Å². The lowest BCUT2D eigenvalue weighted by molar-refractivity contribution is -0.194. The van der Waals surface area contributed by atoms with Crippen molar-refractivity contribution in [2.45, 2.75) is 58.3 Å². The highest BCUT2D eigenvalue weighted by atomic mass is 16.7. The smallest absolute Gasteiger partial charge is 0.305 e. The molecule has 0 radical (unpaired) electrons. The molecule has 2 atom stereocenters. The molecule has 5 nitrogen and oxygen atoms in total. The molecular formula is C13H26O5. The fourth-order valence-electron chi connectivity index (χ4n) is 1.40. The largest absolute Gasteiger partial charge is 0.460 e. The number of ether oxygens (including phenoxy) is 3. The van der Waals surface area contributed by atoms with E-state index in [9.17, 15) is 4.79 Å². The minimum Gasteiger partial charge on any atom is -0.460 e. The van der Waals surface area contributed by atoms with Crippen LogP contribution in [0.2, 0.25) is 0 Å². The Morgan fingerprint density at radius 1 is 1.28 bits per heavy atom. The maximum Gasteiger partial charge on any atom is 0.305 e. The summed E-state index contributed by atoms with van der Waals surface area (Å²) >= 11 is 0. The molecule has 0 aliphatic heterocycles. The van der Waals surface area contributed by atoms with E-state index < -0.39 is 6.29 Å². The predicted molar refractivity (Wildman–Crippen MR) is 68.1 cm³/mol. The number of carbonyl (C=O) groups excluding carboxylic acids is 1. The number of hydrogen-bond donors (Lipinski definition) is 1. The minimum atomic E-state index is -0.614. The van der Waals surface area contributed by atoms with Crippen LogP contribution in [-0.4, -0.2) is 43.8 Å². The van der Waals surface area contributed by atoms with Crippen molar-refractivity contribution in [3.05, 3.63) is 0 Å². The number of esters is 1. The number of hydrogen-bond acceptors (Lipinski definition) is 5. The number of aliphatic hydroxyl groups is 1. The highest BCUT2D eigenvalue weighted by molar-refractivity contribution is 5.69.